The third kappa shape index (κ3) is 6.75. The summed E-state index contributed by atoms with van der Waals surface area (Å²) >= 11 is 0. The van der Waals surface area contributed by atoms with Crippen LogP contribution in [0.1, 0.15) is 77.3 Å². The van der Waals surface area contributed by atoms with Crippen molar-refractivity contribution in [3.8, 4) is 0 Å². The van der Waals surface area contributed by atoms with Crippen LogP contribution >= 0.6 is 0 Å². The number of rotatable bonds is 1. The number of hydrogen-bond donors (Lipinski definition) is 3. The number of aromatic nitrogens is 1. The van der Waals surface area contributed by atoms with Gasteiger partial charge in [0.1, 0.15) is 24.2 Å². The van der Waals surface area contributed by atoms with E-state index in [1.165, 1.54) is 5.01 Å². The molecule has 3 amide bonds. The monoisotopic (exact) mass is 563 g/mol. The number of aryl methyl sites for hydroxylation is 1. The second-order valence-corrected chi connectivity index (χ2v) is 12.0. The van der Waals surface area contributed by atoms with Gasteiger partial charge in [0.25, 0.3) is 5.91 Å². The van der Waals surface area contributed by atoms with E-state index in [1.807, 2.05) is 51.1 Å². The van der Waals surface area contributed by atoms with Gasteiger partial charge in [0.05, 0.1) is 16.6 Å². The highest BCUT2D eigenvalue weighted by atomic mass is 16.5. The molecule has 4 rings (SSSR count). The van der Waals surface area contributed by atoms with E-state index in [-0.39, 0.29) is 17.7 Å². The lowest BCUT2D eigenvalue weighted by Gasteiger charge is -2.35. The molecule has 1 saturated heterocycles. The Morgan fingerprint density at radius 2 is 1.80 bits per heavy atom. The number of hydrogen-bond acceptors (Lipinski definition) is 7. The minimum absolute atomic E-state index is 0.222. The van der Waals surface area contributed by atoms with E-state index in [9.17, 15) is 19.2 Å². The van der Waals surface area contributed by atoms with Crippen LogP contribution in [0.15, 0.2) is 30.3 Å². The van der Waals surface area contributed by atoms with Gasteiger partial charge in [-0.1, -0.05) is 38.1 Å². The summed E-state index contributed by atoms with van der Waals surface area (Å²) in [7, 11) is 0. The van der Waals surface area contributed by atoms with E-state index < -0.39 is 41.5 Å². The van der Waals surface area contributed by atoms with E-state index in [1.54, 1.807) is 33.8 Å². The van der Waals surface area contributed by atoms with Crippen molar-refractivity contribution < 1.29 is 23.9 Å². The van der Waals surface area contributed by atoms with Gasteiger partial charge in [0.15, 0.2) is 0 Å². The van der Waals surface area contributed by atoms with Crippen molar-refractivity contribution in [1.29, 1.82) is 0 Å². The van der Waals surface area contributed by atoms with Crippen LogP contribution in [0.3, 0.4) is 0 Å². The summed E-state index contributed by atoms with van der Waals surface area (Å²) in [6, 6.07) is 5.34. The SMILES string of the molecule is Cc1cc2cc3nc(ccc13)[C@@H](C)OC(=O)C1CCCN(N1)C(=O)[C@@H](C)NC(=O)[C@H](C(C)C)NC(=O)C(C)(C)/C=C/2. The number of hydrazine groups is 1. The smallest absolute Gasteiger partial charge is 0.325 e. The highest BCUT2D eigenvalue weighted by molar-refractivity contribution is 5.94. The van der Waals surface area contributed by atoms with Crippen LogP contribution in [-0.2, 0) is 23.9 Å². The Balaban J connectivity index is 1.73. The first-order valence-corrected chi connectivity index (χ1v) is 14.3. The standard InChI is InChI=1S/C31H41N5O5/c1-17(2)26-27(37)32-19(4)28(38)36-14-8-9-24(35-36)29(39)41-20(5)23-11-10-22-18(3)15-21(16-25(22)33-23)12-13-31(6,7)30(40)34-26/h10-13,15-17,19-20,24,26,35H,8-9,14H2,1-7H3,(H,32,37)(H,34,40)/b13-12+/t19-,20-,24?,26+/m1/s1. The first-order chi connectivity index (χ1) is 19.3. The van der Waals surface area contributed by atoms with E-state index in [4.69, 9.17) is 9.72 Å². The van der Waals surface area contributed by atoms with Gasteiger partial charge >= 0.3 is 5.97 Å². The number of esters is 1. The van der Waals surface area contributed by atoms with Crippen LogP contribution < -0.4 is 16.1 Å². The third-order valence-corrected chi connectivity index (χ3v) is 7.75. The largest absolute Gasteiger partial charge is 0.455 e. The molecule has 41 heavy (non-hydrogen) atoms. The van der Waals surface area contributed by atoms with E-state index in [0.29, 0.717) is 25.1 Å². The number of carbonyl (C=O) groups is 4. The maximum atomic E-state index is 13.4. The zero-order chi connectivity index (χ0) is 30.1. The molecule has 3 heterocycles. The molecule has 2 aliphatic rings. The van der Waals surface area contributed by atoms with Gasteiger partial charge in [-0.05, 0) is 76.6 Å². The number of ether oxygens (including phenoxy) is 1. The van der Waals surface area contributed by atoms with Crippen LogP contribution in [0, 0.1) is 18.3 Å². The molecule has 1 unspecified atom stereocenters. The molecule has 0 radical (unpaired) electrons. The Morgan fingerprint density at radius 1 is 1.07 bits per heavy atom. The third-order valence-electron chi connectivity index (χ3n) is 7.75. The normalized spacial score (nSPS) is 26.9. The molecule has 10 nitrogen and oxygen atoms in total. The molecule has 1 fully saturated rings. The Morgan fingerprint density at radius 3 is 2.51 bits per heavy atom. The number of nitrogens with one attached hydrogen (secondary N) is 3. The average molecular weight is 564 g/mol. The molecular formula is C31H41N5O5. The van der Waals surface area contributed by atoms with Crippen molar-refractivity contribution in [3.05, 3.63) is 47.2 Å². The number of fused-ring (bicyclic) bond motifs is 4. The van der Waals surface area contributed by atoms with Crippen molar-refractivity contribution in [3.63, 3.8) is 0 Å². The molecule has 220 valence electrons. The molecule has 3 N–H and O–H groups in total. The first-order valence-electron chi connectivity index (χ1n) is 14.3. The predicted octanol–water partition coefficient (Wildman–Crippen LogP) is 3.34. The highest BCUT2D eigenvalue weighted by Crippen LogP contribution is 2.26. The molecule has 0 spiro atoms. The molecule has 1 aromatic heterocycles. The maximum Gasteiger partial charge on any atom is 0.325 e. The Bertz CT molecular complexity index is 1380. The Hall–Kier alpha value is -3.79. The van der Waals surface area contributed by atoms with Crippen molar-refractivity contribution in [2.24, 2.45) is 11.3 Å². The quantitative estimate of drug-likeness (QED) is 0.454. The van der Waals surface area contributed by atoms with Gasteiger partial charge in [-0.25, -0.2) is 10.4 Å². The van der Waals surface area contributed by atoms with Crippen LogP contribution in [0.5, 0.6) is 0 Å². The second-order valence-electron chi connectivity index (χ2n) is 12.0. The fourth-order valence-corrected chi connectivity index (χ4v) is 5.06. The van der Waals surface area contributed by atoms with Crippen LogP contribution in [-0.4, -0.2) is 58.4 Å². The fraction of sp³-hybridized carbons (Fsp3) is 0.516. The van der Waals surface area contributed by atoms with E-state index >= 15 is 0 Å². The molecule has 2 aromatic rings. The zero-order valence-corrected chi connectivity index (χ0v) is 24.9. The number of nitrogens with zero attached hydrogens (tertiary/aromatic N) is 2. The fourth-order valence-electron chi connectivity index (χ4n) is 5.06. The van der Waals surface area contributed by atoms with Gasteiger partial charge in [0.2, 0.25) is 11.8 Å². The molecule has 1 aromatic carbocycles. The van der Waals surface area contributed by atoms with Crippen LogP contribution in [0.25, 0.3) is 17.0 Å². The molecule has 5 bridgehead atoms. The summed E-state index contributed by atoms with van der Waals surface area (Å²) < 4.78 is 5.78. The van der Waals surface area contributed by atoms with Gasteiger partial charge in [-0.2, -0.15) is 0 Å². The second kappa shape index (κ2) is 12.0. The van der Waals surface area contributed by atoms with Gasteiger partial charge in [0, 0.05) is 11.9 Å². The van der Waals surface area contributed by atoms with Crippen molar-refractivity contribution in [1.82, 2.24) is 26.1 Å². The van der Waals surface area contributed by atoms with Crippen molar-refractivity contribution in [2.75, 3.05) is 6.54 Å². The lowest BCUT2D eigenvalue weighted by molar-refractivity contribution is -0.157. The highest BCUT2D eigenvalue weighted by Gasteiger charge is 2.35. The number of carbonyl (C=O) groups excluding carboxylic acids is 4. The van der Waals surface area contributed by atoms with Crippen molar-refractivity contribution in [2.45, 2.75) is 85.5 Å². The van der Waals surface area contributed by atoms with Crippen LogP contribution in [0.2, 0.25) is 0 Å². The summed E-state index contributed by atoms with van der Waals surface area (Å²) in [5.41, 5.74) is 5.30. The topological polar surface area (TPSA) is 130 Å². The molecule has 10 heteroatoms. The Kier molecular flexibility index (Phi) is 8.82. The predicted molar refractivity (Wildman–Crippen MR) is 156 cm³/mol. The van der Waals surface area contributed by atoms with Crippen LogP contribution in [0.4, 0.5) is 0 Å². The zero-order valence-electron chi connectivity index (χ0n) is 24.9. The minimum atomic E-state index is -0.929. The maximum absolute atomic E-state index is 13.4. The summed E-state index contributed by atoms with van der Waals surface area (Å²) in [6.45, 7) is 13.0. The lowest BCUT2D eigenvalue weighted by Crippen LogP contribution is -2.61. The molecule has 0 saturated carbocycles. The van der Waals surface area contributed by atoms with Gasteiger partial charge in [-0.3, -0.25) is 24.2 Å². The van der Waals surface area contributed by atoms with Gasteiger partial charge < -0.3 is 15.4 Å². The summed E-state index contributed by atoms with van der Waals surface area (Å²) in [5.74, 6) is -1.84. The minimum Gasteiger partial charge on any atom is -0.455 e. The number of benzene rings is 1. The number of pyridine rings is 1. The first kappa shape index (κ1) is 30.2. The van der Waals surface area contributed by atoms with Gasteiger partial charge in [-0.15, -0.1) is 0 Å². The summed E-state index contributed by atoms with van der Waals surface area (Å²) in [5, 5.41) is 7.97. The lowest BCUT2D eigenvalue weighted by atomic mass is 9.89. The van der Waals surface area contributed by atoms with Crippen molar-refractivity contribution >= 4 is 40.7 Å². The molecular weight excluding hydrogens is 522 g/mol. The number of cyclic esters (lactones) is 1. The summed E-state index contributed by atoms with van der Waals surface area (Å²) in [6.07, 6.45) is 4.17. The Labute approximate surface area is 241 Å². The van der Waals surface area contributed by atoms with E-state index in [2.05, 4.69) is 16.1 Å². The molecule has 2 aliphatic heterocycles. The molecule has 4 atom stereocenters. The van der Waals surface area contributed by atoms with E-state index in [0.717, 1.165) is 22.0 Å². The number of amides is 3. The average Bonchev–Trinajstić information content (AvgIpc) is 2.93. The molecule has 0 aliphatic carbocycles. The summed E-state index contributed by atoms with van der Waals surface area (Å²) in [4.78, 5) is 57.7.